The van der Waals surface area contributed by atoms with Gasteiger partial charge in [-0.15, -0.1) is 0 Å². The van der Waals surface area contributed by atoms with Gasteiger partial charge in [-0.25, -0.2) is 4.79 Å². The molecule has 0 bridgehead atoms. The monoisotopic (exact) mass is 239 g/mol. The van der Waals surface area contributed by atoms with E-state index in [1.165, 1.54) is 0 Å². The molecule has 4 heteroatoms. The maximum atomic E-state index is 12.1. The average Bonchev–Trinajstić information content (AvgIpc) is 3.00. The molecular formula is C13H21NO3. The van der Waals surface area contributed by atoms with Crippen molar-refractivity contribution in [1.29, 1.82) is 0 Å². The van der Waals surface area contributed by atoms with Crippen LogP contribution >= 0.6 is 0 Å². The van der Waals surface area contributed by atoms with Crippen LogP contribution in [0.1, 0.15) is 33.6 Å². The molecule has 2 heterocycles. The van der Waals surface area contributed by atoms with Crippen LogP contribution in [0.15, 0.2) is 12.2 Å². The Morgan fingerprint density at radius 1 is 1.53 bits per heavy atom. The quantitative estimate of drug-likeness (QED) is 0.548. The van der Waals surface area contributed by atoms with Gasteiger partial charge >= 0.3 is 6.09 Å². The fraction of sp³-hybridized carbons (Fsp3) is 0.769. The highest BCUT2D eigenvalue weighted by molar-refractivity contribution is 5.69. The van der Waals surface area contributed by atoms with Gasteiger partial charge in [0.25, 0.3) is 0 Å². The fourth-order valence-corrected chi connectivity index (χ4v) is 1.96. The van der Waals surface area contributed by atoms with Crippen LogP contribution in [-0.4, -0.2) is 41.9 Å². The van der Waals surface area contributed by atoms with E-state index in [0.29, 0.717) is 6.10 Å². The smallest absolute Gasteiger partial charge is 0.410 e. The Labute approximate surface area is 103 Å². The second kappa shape index (κ2) is 4.69. The summed E-state index contributed by atoms with van der Waals surface area (Å²) in [5, 5.41) is 0. The first-order valence-electron chi connectivity index (χ1n) is 6.23. The molecule has 0 aromatic carbocycles. The first kappa shape index (κ1) is 12.4. The van der Waals surface area contributed by atoms with E-state index in [9.17, 15) is 4.79 Å². The number of ether oxygens (including phenoxy) is 2. The molecule has 96 valence electrons. The third kappa shape index (κ3) is 3.73. The molecule has 2 unspecified atom stereocenters. The van der Waals surface area contributed by atoms with Crippen molar-refractivity contribution in [3.63, 3.8) is 0 Å². The van der Waals surface area contributed by atoms with Gasteiger partial charge in [0.1, 0.15) is 5.60 Å². The summed E-state index contributed by atoms with van der Waals surface area (Å²) in [5.74, 6) is 0. The minimum Gasteiger partial charge on any atom is -0.444 e. The van der Waals surface area contributed by atoms with Gasteiger partial charge in [0.15, 0.2) is 0 Å². The molecule has 0 aromatic rings. The number of epoxide rings is 1. The molecule has 0 N–H and O–H groups in total. The van der Waals surface area contributed by atoms with Crippen molar-refractivity contribution < 1.29 is 14.3 Å². The number of nitrogens with zero attached hydrogens (tertiary/aromatic N) is 1. The van der Waals surface area contributed by atoms with E-state index in [2.05, 4.69) is 12.2 Å². The van der Waals surface area contributed by atoms with Gasteiger partial charge in [0, 0.05) is 6.54 Å². The first-order chi connectivity index (χ1) is 7.96. The van der Waals surface area contributed by atoms with Crippen molar-refractivity contribution >= 4 is 6.09 Å². The van der Waals surface area contributed by atoms with Gasteiger partial charge in [-0.05, 0) is 33.6 Å². The molecule has 0 aromatic heterocycles. The zero-order valence-electron chi connectivity index (χ0n) is 10.8. The number of amides is 1. The van der Waals surface area contributed by atoms with Crippen molar-refractivity contribution in [3.05, 3.63) is 12.2 Å². The molecule has 0 radical (unpaired) electrons. The van der Waals surface area contributed by atoms with Gasteiger partial charge in [-0.3, -0.25) is 0 Å². The van der Waals surface area contributed by atoms with Crippen LogP contribution in [-0.2, 0) is 9.47 Å². The molecule has 2 aliphatic rings. The van der Waals surface area contributed by atoms with Crippen molar-refractivity contribution in [2.24, 2.45) is 0 Å². The van der Waals surface area contributed by atoms with Gasteiger partial charge in [0.05, 0.1) is 18.8 Å². The summed E-state index contributed by atoms with van der Waals surface area (Å²) < 4.78 is 10.6. The van der Waals surface area contributed by atoms with Crippen LogP contribution in [0.5, 0.6) is 0 Å². The van der Waals surface area contributed by atoms with Crippen LogP contribution in [0.25, 0.3) is 0 Å². The lowest BCUT2D eigenvalue weighted by molar-refractivity contribution is 0.0181. The zero-order chi connectivity index (χ0) is 12.5. The highest BCUT2D eigenvalue weighted by Gasteiger charge is 2.33. The Morgan fingerprint density at radius 2 is 2.24 bits per heavy atom. The molecule has 1 fully saturated rings. The van der Waals surface area contributed by atoms with Gasteiger partial charge in [-0.2, -0.15) is 0 Å². The standard InChI is InChI=1S/C13H21NO3/c1-13(2,3)17-12(15)14-7-5-4-6-10(14)8-11-9-16-11/h4,6,10-11H,5,7-9H2,1-3H3. The van der Waals surface area contributed by atoms with Crippen LogP contribution < -0.4 is 0 Å². The number of carbonyl (C=O) groups is 1. The van der Waals surface area contributed by atoms with E-state index in [4.69, 9.17) is 9.47 Å². The van der Waals surface area contributed by atoms with Crippen LogP contribution in [0, 0.1) is 0 Å². The lowest BCUT2D eigenvalue weighted by Crippen LogP contribution is -2.45. The molecule has 2 atom stereocenters. The fourth-order valence-electron chi connectivity index (χ4n) is 1.96. The third-order valence-corrected chi connectivity index (χ3v) is 2.83. The lowest BCUT2D eigenvalue weighted by Gasteiger charge is -2.33. The second-order valence-corrected chi connectivity index (χ2v) is 5.65. The third-order valence-electron chi connectivity index (χ3n) is 2.83. The normalized spacial score (nSPS) is 28.1. The number of hydrogen-bond donors (Lipinski definition) is 0. The SMILES string of the molecule is CC(C)(C)OC(=O)N1CCC=CC1CC1CO1. The van der Waals surface area contributed by atoms with Crippen molar-refractivity contribution in [3.8, 4) is 0 Å². The molecule has 1 saturated heterocycles. The highest BCUT2D eigenvalue weighted by atomic mass is 16.6. The maximum Gasteiger partial charge on any atom is 0.410 e. The van der Waals surface area contributed by atoms with E-state index < -0.39 is 5.60 Å². The van der Waals surface area contributed by atoms with E-state index >= 15 is 0 Å². The van der Waals surface area contributed by atoms with Crippen molar-refractivity contribution in [2.75, 3.05) is 13.2 Å². The van der Waals surface area contributed by atoms with Gasteiger partial charge in [0.2, 0.25) is 0 Å². The lowest BCUT2D eigenvalue weighted by atomic mass is 10.1. The maximum absolute atomic E-state index is 12.1. The Kier molecular flexibility index (Phi) is 3.43. The second-order valence-electron chi connectivity index (χ2n) is 5.65. The molecule has 0 spiro atoms. The summed E-state index contributed by atoms with van der Waals surface area (Å²) >= 11 is 0. The minimum absolute atomic E-state index is 0.131. The van der Waals surface area contributed by atoms with Gasteiger partial charge in [-0.1, -0.05) is 12.2 Å². The molecule has 2 aliphatic heterocycles. The predicted octanol–water partition coefficient (Wildman–Crippen LogP) is 2.34. The van der Waals surface area contributed by atoms with E-state index in [0.717, 1.165) is 26.0 Å². The summed E-state index contributed by atoms with van der Waals surface area (Å²) in [6.45, 7) is 7.24. The first-order valence-corrected chi connectivity index (χ1v) is 6.23. The van der Waals surface area contributed by atoms with Gasteiger partial charge < -0.3 is 14.4 Å². The molecule has 17 heavy (non-hydrogen) atoms. The van der Waals surface area contributed by atoms with Crippen LogP contribution in [0.2, 0.25) is 0 Å². The molecule has 0 saturated carbocycles. The average molecular weight is 239 g/mol. The van der Waals surface area contributed by atoms with Crippen molar-refractivity contribution in [1.82, 2.24) is 4.90 Å². The molecule has 2 rings (SSSR count). The summed E-state index contributed by atoms with van der Waals surface area (Å²) in [5.41, 5.74) is -0.432. The topological polar surface area (TPSA) is 42.1 Å². The summed E-state index contributed by atoms with van der Waals surface area (Å²) in [4.78, 5) is 13.9. The Bertz CT molecular complexity index is 315. The van der Waals surface area contributed by atoms with E-state index in [1.807, 2.05) is 25.7 Å². The Hall–Kier alpha value is -1.03. The Balaban J connectivity index is 1.96. The molecule has 1 amide bonds. The minimum atomic E-state index is -0.432. The number of carbonyl (C=O) groups excluding carboxylic acids is 1. The largest absolute Gasteiger partial charge is 0.444 e. The van der Waals surface area contributed by atoms with E-state index in [-0.39, 0.29) is 12.1 Å². The van der Waals surface area contributed by atoms with Crippen molar-refractivity contribution in [2.45, 2.75) is 51.4 Å². The molecule has 0 aliphatic carbocycles. The summed E-state index contributed by atoms with van der Waals surface area (Å²) in [6, 6.07) is 0.131. The zero-order valence-corrected chi connectivity index (χ0v) is 10.8. The Morgan fingerprint density at radius 3 is 2.82 bits per heavy atom. The number of hydrogen-bond acceptors (Lipinski definition) is 3. The van der Waals surface area contributed by atoms with Crippen LogP contribution in [0.4, 0.5) is 4.79 Å². The molecular weight excluding hydrogens is 218 g/mol. The predicted molar refractivity (Wildman–Crippen MR) is 64.8 cm³/mol. The molecule has 4 nitrogen and oxygen atoms in total. The highest BCUT2D eigenvalue weighted by Crippen LogP contribution is 2.24. The summed E-state index contributed by atoms with van der Waals surface area (Å²) in [7, 11) is 0. The summed E-state index contributed by atoms with van der Waals surface area (Å²) in [6.07, 6.45) is 6.13. The van der Waals surface area contributed by atoms with E-state index in [1.54, 1.807) is 0 Å². The van der Waals surface area contributed by atoms with Crippen LogP contribution in [0.3, 0.4) is 0 Å². The number of rotatable bonds is 2.